The summed E-state index contributed by atoms with van der Waals surface area (Å²) >= 11 is 12.0. The van der Waals surface area contributed by atoms with Gasteiger partial charge in [0.1, 0.15) is 0 Å². The van der Waals surface area contributed by atoms with Crippen molar-refractivity contribution in [3.05, 3.63) is 34.9 Å². The molecule has 1 heterocycles. The van der Waals surface area contributed by atoms with Crippen LogP contribution in [-0.4, -0.2) is 23.4 Å². The van der Waals surface area contributed by atoms with Crippen LogP contribution in [0.15, 0.2) is 24.3 Å². The molecular formula is C13H17Cl2N. The van der Waals surface area contributed by atoms with Gasteiger partial charge in [-0.3, -0.25) is 4.90 Å². The van der Waals surface area contributed by atoms with Gasteiger partial charge in [0.05, 0.1) is 0 Å². The second-order valence-electron chi connectivity index (χ2n) is 4.40. The number of likely N-dealkylation sites (tertiary alicyclic amines) is 1. The molecule has 0 bridgehead atoms. The van der Waals surface area contributed by atoms with E-state index in [1.165, 1.54) is 24.8 Å². The van der Waals surface area contributed by atoms with Gasteiger partial charge < -0.3 is 0 Å². The minimum Gasteiger partial charge on any atom is -0.295 e. The molecule has 0 spiro atoms. The molecule has 3 heteroatoms. The summed E-state index contributed by atoms with van der Waals surface area (Å²) in [6.45, 7) is 2.13. The first-order chi connectivity index (χ1) is 7.79. The molecule has 1 aromatic rings. The number of hydrogen-bond donors (Lipinski definition) is 0. The van der Waals surface area contributed by atoms with Crippen LogP contribution in [0.5, 0.6) is 0 Å². The Morgan fingerprint density at radius 3 is 2.94 bits per heavy atom. The third-order valence-corrected chi connectivity index (χ3v) is 3.79. The molecule has 1 aliphatic heterocycles. The average Bonchev–Trinajstić information content (AvgIpc) is 2.30. The van der Waals surface area contributed by atoms with Crippen molar-refractivity contribution < 1.29 is 0 Å². The normalized spacial score (nSPS) is 22.2. The lowest BCUT2D eigenvalue weighted by Gasteiger charge is -2.34. The molecule has 1 nitrogen and oxygen atoms in total. The minimum absolute atomic E-state index is 0.536. The van der Waals surface area contributed by atoms with Crippen molar-refractivity contribution in [3.8, 4) is 0 Å². The van der Waals surface area contributed by atoms with Gasteiger partial charge in [0, 0.05) is 23.5 Å². The molecule has 0 aliphatic carbocycles. The van der Waals surface area contributed by atoms with Crippen LogP contribution in [0.25, 0.3) is 0 Å². The van der Waals surface area contributed by atoms with E-state index in [1.807, 2.05) is 18.2 Å². The molecule has 2 rings (SSSR count). The molecule has 88 valence electrons. The molecule has 0 N–H and O–H groups in total. The lowest BCUT2D eigenvalue weighted by molar-refractivity contribution is 0.155. The molecule has 0 radical (unpaired) electrons. The van der Waals surface area contributed by atoms with Crippen molar-refractivity contribution in [1.82, 2.24) is 4.90 Å². The van der Waals surface area contributed by atoms with Gasteiger partial charge in [-0.25, -0.2) is 0 Å². The molecule has 1 fully saturated rings. The number of rotatable bonds is 3. The fourth-order valence-electron chi connectivity index (χ4n) is 2.31. The predicted molar refractivity (Wildman–Crippen MR) is 70.2 cm³/mol. The van der Waals surface area contributed by atoms with E-state index < -0.39 is 0 Å². The Balaban J connectivity index is 2.02. The summed E-state index contributed by atoms with van der Waals surface area (Å²) in [6, 6.07) is 8.64. The highest BCUT2D eigenvalue weighted by Crippen LogP contribution is 2.21. The summed E-state index contributed by atoms with van der Waals surface area (Å²) in [4.78, 5) is 2.47. The highest BCUT2D eigenvalue weighted by molar-refractivity contribution is 6.30. The second-order valence-corrected chi connectivity index (χ2v) is 5.15. The first-order valence-corrected chi connectivity index (χ1v) is 6.75. The Kier molecular flexibility index (Phi) is 4.51. The Morgan fingerprint density at radius 1 is 1.31 bits per heavy atom. The molecule has 1 atom stereocenters. The lowest BCUT2D eigenvalue weighted by Crippen LogP contribution is -2.40. The molecule has 0 aromatic heterocycles. The maximum Gasteiger partial charge on any atom is 0.0409 e. The second kappa shape index (κ2) is 5.90. The van der Waals surface area contributed by atoms with E-state index in [4.69, 9.17) is 23.2 Å². The zero-order valence-corrected chi connectivity index (χ0v) is 10.8. The standard InChI is InChI=1S/C13H17Cl2N/c14-9-13-6-1-2-7-16(13)10-11-4-3-5-12(15)8-11/h3-5,8,13H,1-2,6-7,9-10H2. The molecule has 1 aromatic carbocycles. The van der Waals surface area contributed by atoms with Crippen LogP contribution >= 0.6 is 23.2 Å². The minimum atomic E-state index is 0.536. The molecular weight excluding hydrogens is 241 g/mol. The average molecular weight is 258 g/mol. The van der Waals surface area contributed by atoms with Gasteiger partial charge in [-0.15, -0.1) is 11.6 Å². The van der Waals surface area contributed by atoms with Crippen LogP contribution in [0.4, 0.5) is 0 Å². The third kappa shape index (κ3) is 3.13. The highest BCUT2D eigenvalue weighted by atomic mass is 35.5. The monoisotopic (exact) mass is 257 g/mol. The van der Waals surface area contributed by atoms with Crippen molar-refractivity contribution in [2.75, 3.05) is 12.4 Å². The van der Waals surface area contributed by atoms with Gasteiger partial charge in [-0.05, 0) is 37.1 Å². The van der Waals surface area contributed by atoms with Gasteiger partial charge >= 0.3 is 0 Å². The fraction of sp³-hybridized carbons (Fsp3) is 0.538. The molecule has 1 saturated heterocycles. The van der Waals surface area contributed by atoms with Gasteiger partial charge in [-0.1, -0.05) is 30.2 Å². The first-order valence-electron chi connectivity index (χ1n) is 5.84. The van der Waals surface area contributed by atoms with Crippen molar-refractivity contribution >= 4 is 23.2 Å². The van der Waals surface area contributed by atoms with Gasteiger partial charge in [0.25, 0.3) is 0 Å². The molecule has 1 unspecified atom stereocenters. The number of benzene rings is 1. The summed E-state index contributed by atoms with van der Waals surface area (Å²) in [7, 11) is 0. The van der Waals surface area contributed by atoms with Crippen molar-refractivity contribution in [3.63, 3.8) is 0 Å². The Morgan fingerprint density at radius 2 is 2.19 bits per heavy atom. The van der Waals surface area contributed by atoms with Crippen LogP contribution in [-0.2, 0) is 6.54 Å². The van der Waals surface area contributed by atoms with E-state index >= 15 is 0 Å². The van der Waals surface area contributed by atoms with Crippen LogP contribution in [0.2, 0.25) is 5.02 Å². The van der Waals surface area contributed by atoms with Crippen molar-refractivity contribution in [1.29, 1.82) is 0 Å². The maximum absolute atomic E-state index is 6.00. The molecule has 1 aliphatic rings. The van der Waals surface area contributed by atoms with Crippen LogP contribution < -0.4 is 0 Å². The zero-order valence-electron chi connectivity index (χ0n) is 9.33. The van der Waals surface area contributed by atoms with E-state index in [1.54, 1.807) is 0 Å². The third-order valence-electron chi connectivity index (χ3n) is 3.20. The van der Waals surface area contributed by atoms with E-state index in [2.05, 4.69) is 11.0 Å². The fourth-order valence-corrected chi connectivity index (χ4v) is 2.88. The van der Waals surface area contributed by atoms with Gasteiger partial charge in [0.15, 0.2) is 0 Å². The summed E-state index contributed by atoms with van der Waals surface area (Å²) in [5.74, 6) is 0.737. The quantitative estimate of drug-likeness (QED) is 0.742. The Hall–Kier alpha value is -0.240. The maximum atomic E-state index is 6.00. The van der Waals surface area contributed by atoms with E-state index in [0.717, 1.165) is 24.0 Å². The van der Waals surface area contributed by atoms with E-state index in [0.29, 0.717) is 6.04 Å². The smallest absolute Gasteiger partial charge is 0.0409 e. The van der Waals surface area contributed by atoms with Gasteiger partial charge in [0.2, 0.25) is 0 Å². The van der Waals surface area contributed by atoms with Crippen molar-refractivity contribution in [2.45, 2.75) is 31.8 Å². The number of nitrogens with zero attached hydrogens (tertiary/aromatic N) is 1. The van der Waals surface area contributed by atoms with Crippen LogP contribution in [0, 0.1) is 0 Å². The SMILES string of the molecule is ClCC1CCCCN1Cc1cccc(Cl)c1. The number of piperidine rings is 1. The summed E-state index contributed by atoms with van der Waals surface area (Å²) in [5.41, 5.74) is 1.28. The van der Waals surface area contributed by atoms with Crippen LogP contribution in [0.3, 0.4) is 0 Å². The Labute approximate surface area is 107 Å². The van der Waals surface area contributed by atoms with E-state index in [9.17, 15) is 0 Å². The summed E-state index contributed by atoms with van der Waals surface area (Å²) in [6.07, 6.45) is 3.82. The van der Waals surface area contributed by atoms with E-state index in [-0.39, 0.29) is 0 Å². The van der Waals surface area contributed by atoms with Gasteiger partial charge in [-0.2, -0.15) is 0 Å². The first kappa shape index (κ1) is 12.2. The summed E-state index contributed by atoms with van der Waals surface area (Å²) in [5, 5.41) is 0.817. The number of alkyl halides is 1. The molecule has 16 heavy (non-hydrogen) atoms. The lowest BCUT2D eigenvalue weighted by atomic mass is 10.0. The summed E-state index contributed by atoms with van der Waals surface area (Å²) < 4.78 is 0. The number of halogens is 2. The zero-order chi connectivity index (χ0) is 11.4. The Bertz CT molecular complexity index is 340. The largest absolute Gasteiger partial charge is 0.295 e. The number of hydrogen-bond acceptors (Lipinski definition) is 1. The van der Waals surface area contributed by atoms with Crippen LogP contribution in [0.1, 0.15) is 24.8 Å². The molecule has 0 saturated carbocycles. The highest BCUT2D eigenvalue weighted by Gasteiger charge is 2.21. The molecule has 0 amide bonds. The van der Waals surface area contributed by atoms with Crippen molar-refractivity contribution in [2.24, 2.45) is 0 Å². The predicted octanol–water partition coefficient (Wildman–Crippen LogP) is 3.93. The topological polar surface area (TPSA) is 3.24 Å².